The van der Waals surface area contributed by atoms with Crippen LogP contribution in [0.3, 0.4) is 0 Å². The highest BCUT2D eigenvalue weighted by Gasteiger charge is 2.46. The fourth-order valence-electron chi connectivity index (χ4n) is 5.77. The average Bonchev–Trinajstić information content (AvgIpc) is 3.22. The van der Waals surface area contributed by atoms with Crippen molar-refractivity contribution in [1.29, 1.82) is 0 Å². The molecule has 3 aliphatic rings. The fourth-order valence-corrected chi connectivity index (χ4v) is 5.77. The van der Waals surface area contributed by atoms with Crippen molar-refractivity contribution >= 4 is 23.6 Å². The molecule has 0 spiro atoms. The van der Waals surface area contributed by atoms with Gasteiger partial charge in [0.25, 0.3) is 11.8 Å². The van der Waals surface area contributed by atoms with Crippen LogP contribution < -0.4 is 5.73 Å². The van der Waals surface area contributed by atoms with Gasteiger partial charge >= 0.3 is 0 Å². The second-order valence-corrected chi connectivity index (χ2v) is 9.30. The molecule has 5 rings (SSSR count). The second-order valence-electron chi connectivity index (χ2n) is 9.30. The number of carbonyl (C=O) groups is 4. The first kappa shape index (κ1) is 23.1. The van der Waals surface area contributed by atoms with Crippen molar-refractivity contribution in [2.75, 3.05) is 6.54 Å². The predicted molar refractivity (Wildman–Crippen MR) is 117 cm³/mol. The first-order chi connectivity index (χ1) is 16.7. The molecule has 2 unspecified atom stereocenters. The van der Waals surface area contributed by atoms with Gasteiger partial charge in [0, 0.05) is 23.2 Å². The third kappa shape index (κ3) is 3.77. The summed E-state index contributed by atoms with van der Waals surface area (Å²) >= 11 is 0. The number of imide groups is 1. The smallest absolute Gasteiger partial charge is 0.262 e. The van der Waals surface area contributed by atoms with Crippen molar-refractivity contribution in [3.8, 4) is 0 Å². The maximum atomic E-state index is 15.1. The third-order valence-corrected chi connectivity index (χ3v) is 7.23. The van der Waals surface area contributed by atoms with Gasteiger partial charge in [-0.15, -0.1) is 0 Å². The summed E-state index contributed by atoms with van der Waals surface area (Å²) in [5.41, 5.74) is 4.88. The number of carbonyl (C=O) groups excluding carboxylic acids is 4. The molecule has 2 N–H and O–H groups in total. The number of fused-ring (bicyclic) bond motifs is 3. The minimum Gasteiger partial charge on any atom is -0.369 e. The lowest BCUT2D eigenvalue weighted by Crippen LogP contribution is -2.50. The minimum atomic E-state index is -1.30. The van der Waals surface area contributed by atoms with Gasteiger partial charge in [-0.1, -0.05) is 12.1 Å². The van der Waals surface area contributed by atoms with Crippen LogP contribution in [0, 0.1) is 17.5 Å². The topological polar surface area (TPSA) is 101 Å². The highest BCUT2D eigenvalue weighted by atomic mass is 19.2. The Bertz CT molecular complexity index is 1230. The number of halogens is 3. The van der Waals surface area contributed by atoms with E-state index in [0.717, 1.165) is 4.90 Å². The van der Waals surface area contributed by atoms with E-state index in [1.165, 1.54) is 12.1 Å². The van der Waals surface area contributed by atoms with Gasteiger partial charge in [-0.25, -0.2) is 13.2 Å². The van der Waals surface area contributed by atoms with E-state index in [4.69, 9.17) is 5.73 Å². The summed E-state index contributed by atoms with van der Waals surface area (Å²) in [5, 5.41) is 0. The van der Waals surface area contributed by atoms with Crippen LogP contribution in [0.4, 0.5) is 13.2 Å². The number of primary amides is 1. The summed E-state index contributed by atoms with van der Waals surface area (Å²) in [5.74, 6) is -6.59. The number of benzene rings is 2. The molecule has 2 fully saturated rings. The lowest BCUT2D eigenvalue weighted by atomic mass is 9.83. The van der Waals surface area contributed by atoms with E-state index in [9.17, 15) is 28.0 Å². The van der Waals surface area contributed by atoms with Gasteiger partial charge in [-0.2, -0.15) is 0 Å². The normalized spacial score (nSPS) is 23.1. The van der Waals surface area contributed by atoms with E-state index < -0.39 is 65.5 Å². The van der Waals surface area contributed by atoms with Crippen molar-refractivity contribution in [1.82, 2.24) is 9.80 Å². The van der Waals surface area contributed by atoms with Crippen molar-refractivity contribution in [2.24, 2.45) is 5.73 Å². The summed E-state index contributed by atoms with van der Waals surface area (Å²) in [4.78, 5) is 52.2. The molecule has 3 heterocycles. The van der Waals surface area contributed by atoms with Crippen molar-refractivity contribution in [3.05, 3.63) is 70.0 Å². The molecule has 3 atom stereocenters. The Morgan fingerprint density at radius 1 is 0.943 bits per heavy atom. The third-order valence-electron chi connectivity index (χ3n) is 7.23. The second kappa shape index (κ2) is 8.51. The molecule has 4 amide bonds. The first-order valence-electron chi connectivity index (χ1n) is 11.4. The quantitative estimate of drug-likeness (QED) is 0.520. The van der Waals surface area contributed by atoms with Gasteiger partial charge in [0.1, 0.15) is 12.4 Å². The Balaban J connectivity index is 1.35. The van der Waals surface area contributed by atoms with Crippen molar-refractivity contribution < 1.29 is 32.3 Å². The average molecular weight is 485 g/mol. The van der Waals surface area contributed by atoms with E-state index in [1.807, 2.05) is 0 Å². The zero-order chi connectivity index (χ0) is 25.0. The molecule has 2 aromatic rings. The Labute approximate surface area is 198 Å². The molecule has 0 radical (unpaired) electrons. The lowest BCUT2D eigenvalue weighted by molar-refractivity contribution is -0.136. The lowest BCUT2D eigenvalue weighted by Gasteiger charge is -2.40. The number of hydrogen-bond donors (Lipinski definition) is 1. The molecule has 35 heavy (non-hydrogen) atoms. The maximum absolute atomic E-state index is 15.1. The van der Waals surface area contributed by atoms with Crippen LogP contribution in [0.25, 0.3) is 0 Å². The standard InChI is InChI=1S/C25H22F3N3O4/c26-18-9-13(10-19(29)32)22(27)21(23(18)28)12-7-14-5-6-15(8-12)31(14)20(33)11-30-24(34)16-3-1-2-4-17(16)25(30)35/h1-4,9,12,14-15H,5-8,10-11H2,(H2,29,32)/t12?,14-,15?/m1/s1. The fraction of sp³-hybridized carbons (Fsp3) is 0.360. The number of hydrogen-bond acceptors (Lipinski definition) is 4. The monoisotopic (exact) mass is 485 g/mol. The molecule has 2 aromatic carbocycles. The summed E-state index contributed by atoms with van der Waals surface area (Å²) < 4.78 is 44.0. The number of piperidine rings is 1. The largest absolute Gasteiger partial charge is 0.369 e. The van der Waals surface area contributed by atoms with Crippen LogP contribution in [-0.2, 0) is 16.0 Å². The van der Waals surface area contributed by atoms with Gasteiger partial charge in [-0.05, 0) is 49.8 Å². The molecule has 182 valence electrons. The minimum absolute atomic E-state index is 0.192. The molecule has 2 saturated heterocycles. The zero-order valence-electron chi connectivity index (χ0n) is 18.6. The maximum Gasteiger partial charge on any atom is 0.262 e. The van der Waals surface area contributed by atoms with Crippen LogP contribution in [0.5, 0.6) is 0 Å². The number of nitrogens with two attached hydrogens (primary N) is 1. The Morgan fingerprint density at radius 2 is 1.51 bits per heavy atom. The molecule has 0 saturated carbocycles. The first-order valence-corrected chi connectivity index (χ1v) is 11.4. The molecular weight excluding hydrogens is 463 g/mol. The van der Waals surface area contributed by atoms with Crippen molar-refractivity contribution in [3.63, 3.8) is 0 Å². The molecule has 2 bridgehead atoms. The number of nitrogens with zero attached hydrogens (tertiary/aromatic N) is 2. The molecular formula is C25H22F3N3O4. The molecule has 7 nitrogen and oxygen atoms in total. The van der Waals surface area contributed by atoms with Crippen LogP contribution in [-0.4, -0.2) is 52.1 Å². The van der Waals surface area contributed by atoms with E-state index in [-0.39, 0.29) is 41.6 Å². The van der Waals surface area contributed by atoms with Crippen LogP contribution >= 0.6 is 0 Å². The van der Waals surface area contributed by atoms with Gasteiger partial charge in [0.05, 0.1) is 17.5 Å². The summed E-state index contributed by atoms with van der Waals surface area (Å²) in [6.07, 6.45) is 0.999. The number of rotatable bonds is 5. The SMILES string of the molecule is NC(=O)Cc1cc(F)c(F)c(C2CC3CC[C@H](C2)N3C(=O)CN2C(=O)c3ccccc3C2=O)c1F. The van der Waals surface area contributed by atoms with E-state index in [2.05, 4.69) is 0 Å². The highest BCUT2D eigenvalue weighted by Crippen LogP contribution is 2.45. The predicted octanol–water partition coefficient (Wildman–Crippen LogP) is 2.66. The van der Waals surface area contributed by atoms with Gasteiger partial charge in [-0.3, -0.25) is 24.1 Å². The molecule has 0 aliphatic carbocycles. The van der Waals surface area contributed by atoms with Gasteiger partial charge in [0.2, 0.25) is 11.8 Å². The molecule has 0 aromatic heterocycles. The Kier molecular flexibility index (Phi) is 5.61. The number of amides is 4. The summed E-state index contributed by atoms with van der Waals surface area (Å²) in [6, 6.07) is 6.24. The Morgan fingerprint density at radius 3 is 2.06 bits per heavy atom. The van der Waals surface area contributed by atoms with Crippen LogP contribution in [0.1, 0.15) is 63.4 Å². The zero-order valence-corrected chi connectivity index (χ0v) is 18.6. The van der Waals surface area contributed by atoms with E-state index in [1.54, 1.807) is 17.0 Å². The summed E-state index contributed by atoms with van der Waals surface area (Å²) in [7, 11) is 0. The van der Waals surface area contributed by atoms with Crippen molar-refractivity contribution in [2.45, 2.75) is 50.1 Å². The van der Waals surface area contributed by atoms with Crippen LogP contribution in [0.2, 0.25) is 0 Å². The van der Waals surface area contributed by atoms with Gasteiger partial charge < -0.3 is 10.6 Å². The molecule has 3 aliphatic heterocycles. The molecule has 10 heteroatoms. The van der Waals surface area contributed by atoms with Gasteiger partial charge in [0.15, 0.2) is 11.6 Å². The van der Waals surface area contributed by atoms with E-state index >= 15 is 4.39 Å². The van der Waals surface area contributed by atoms with E-state index in [0.29, 0.717) is 18.9 Å². The Hall–Kier alpha value is -3.69. The summed E-state index contributed by atoms with van der Waals surface area (Å²) in [6.45, 7) is -0.421. The highest BCUT2D eigenvalue weighted by molar-refractivity contribution is 6.22. The van der Waals surface area contributed by atoms with Crippen LogP contribution in [0.15, 0.2) is 30.3 Å².